The van der Waals surface area contributed by atoms with Gasteiger partial charge in [-0.15, -0.1) is 5.10 Å². The van der Waals surface area contributed by atoms with Gasteiger partial charge in [0.2, 0.25) is 0 Å². The van der Waals surface area contributed by atoms with E-state index in [2.05, 4.69) is 29.5 Å². The van der Waals surface area contributed by atoms with Gasteiger partial charge in [0.05, 0.1) is 5.69 Å². The topological polar surface area (TPSA) is 42.7 Å². The van der Waals surface area contributed by atoms with Gasteiger partial charge in [0.15, 0.2) is 0 Å². The second-order valence-corrected chi connectivity index (χ2v) is 4.09. The van der Waals surface area contributed by atoms with Crippen molar-refractivity contribution in [2.45, 2.75) is 26.7 Å². The van der Waals surface area contributed by atoms with E-state index in [9.17, 15) is 0 Å². The zero-order valence-corrected chi connectivity index (χ0v) is 9.32. The molecule has 0 aliphatic rings. The van der Waals surface area contributed by atoms with Crippen LogP contribution < -0.4 is 5.32 Å². The van der Waals surface area contributed by atoms with Gasteiger partial charge in [-0.2, -0.15) is 0 Å². The molecular formula is C10H20N4. The molecule has 14 heavy (non-hydrogen) atoms. The maximum absolute atomic E-state index is 4.03. The van der Waals surface area contributed by atoms with Crippen molar-refractivity contribution in [2.24, 2.45) is 13.0 Å². The Morgan fingerprint density at radius 1 is 1.50 bits per heavy atom. The predicted molar refractivity (Wildman–Crippen MR) is 57.0 cm³/mol. The molecule has 1 N–H and O–H groups in total. The highest BCUT2D eigenvalue weighted by Crippen LogP contribution is 1.96. The molecule has 4 nitrogen and oxygen atoms in total. The normalized spacial score (nSPS) is 11.1. The molecule has 0 saturated heterocycles. The molecule has 0 fully saturated rings. The van der Waals surface area contributed by atoms with E-state index in [1.807, 2.05) is 13.2 Å². The third kappa shape index (κ3) is 4.37. The molecule has 80 valence electrons. The Morgan fingerprint density at radius 2 is 2.29 bits per heavy atom. The van der Waals surface area contributed by atoms with E-state index >= 15 is 0 Å². The predicted octanol–water partition coefficient (Wildman–Crippen LogP) is 0.993. The highest BCUT2D eigenvalue weighted by Gasteiger charge is 1.98. The van der Waals surface area contributed by atoms with Crippen molar-refractivity contribution >= 4 is 0 Å². The molecule has 0 aliphatic heterocycles. The summed E-state index contributed by atoms with van der Waals surface area (Å²) in [5.74, 6) is 0.728. The molecule has 1 heterocycles. The number of nitrogens with one attached hydrogen (secondary N) is 1. The number of hydrogen-bond donors (Lipinski definition) is 1. The van der Waals surface area contributed by atoms with Crippen LogP contribution in [-0.2, 0) is 13.5 Å². The van der Waals surface area contributed by atoms with Crippen molar-refractivity contribution in [3.63, 3.8) is 0 Å². The minimum atomic E-state index is 0.728. The number of nitrogens with zero attached hydrogens (tertiary/aromatic N) is 3. The first-order valence-corrected chi connectivity index (χ1v) is 5.24. The fourth-order valence-corrected chi connectivity index (χ4v) is 1.30. The highest BCUT2D eigenvalue weighted by molar-refractivity contribution is 4.91. The Balaban J connectivity index is 2.04. The van der Waals surface area contributed by atoms with E-state index in [1.54, 1.807) is 4.68 Å². The summed E-state index contributed by atoms with van der Waals surface area (Å²) in [4.78, 5) is 0. The van der Waals surface area contributed by atoms with Gasteiger partial charge in [-0.3, -0.25) is 4.68 Å². The van der Waals surface area contributed by atoms with Crippen LogP contribution in [0.15, 0.2) is 6.20 Å². The lowest BCUT2D eigenvalue weighted by Gasteiger charge is -2.05. The second kappa shape index (κ2) is 5.75. The highest BCUT2D eigenvalue weighted by atomic mass is 15.4. The van der Waals surface area contributed by atoms with Gasteiger partial charge in [0.25, 0.3) is 0 Å². The van der Waals surface area contributed by atoms with Gasteiger partial charge in [-0.1, -0.05) is 19.1 Å². The van der Waals surface area contributed by atoms with Gasteiger partial charge >= 0.3 is 0 Å². The second-order valence-electron chi connectivity index (χ2n) is 4.09. The van der Waals surface area contributed by atoms with Crippen molar-refractivity contribution in [3.05, 3.63) is 11.9 Å². The SMILES string of the molecule is CC(C)CNCCCc1cn(C)nn1. The molecule has 0 aliphatic carbocycles. The Morgan fingerprint density at radius 3 is 2.86 bits per heavy atom. The number of hydrogen-bond acceptors (Lipinski definition) is 3. The van der Waals surface area contributed by atoms with E-state index < -0.39 is 0 Å². The van der Waals surface area contributed by atoms with Crippen molar-refractivity contribution < 1.29 is 0 Å². The van der Waals surface area contributed by atoms with Crippen LogP contribution in [0, 0.1) is 5.92 Å². The van der Waals surface area contributed by atoms with Crippen LogP contribution in [0.4, 0.5) is 0 Å². The van der Waals surface area contributed by atoms with E-state index in [1.165, 1.54) is 0 Å². The molecule has 0 unspecified atom stereocenters. The lowest BCUT2D eigenvalue weighted by Crippen LogP contribution is -2.21. The van der Waals surface area contributed by atoms with Crippen LogP contribution in [0.2, 0.25) is 0 Å². The smallest absolute Gasteiger partial charge is 0.0827 e. The quantitative estimate of drug-likeness (QED) is 0.690. The summed E-state index contributed by atoms with van der Waals surface area (Å²) in [6, 6.07) is 0. The largest absolute Gasteiger partial charge is 0.316 e. The van der Waals surface area contributed by atoms with Crippen LogP contribution >= 0.6 is 0 Å². The summed E-state index contributed by atoms with van der Waals surface area (Å²) in [5.41, 5.74) is 1.08. The summed E-state index contributed by atoms with van der Waals surface area (Å²) in [6.07, 6.45) is 4.12. The fraction of sp³-hybridized carbons (Fsp3) is 0.800. The first kappa shape index (κ1) is 11.2. The summed E-state index contributed by atoms with van der Waals surface area (Å²) in [6.45, 7) is 6.60. The molecule has 1 aromatic heterocycles. The molecule has 4 heteroatoms. The summed E-state index contributed by atoms with van der Waals surface area (Å²) >= 11 is 0. The minimum Gasteiger partial charge on any atom is -0.316 e. The first-order valence-electron chi connectivity index (χ1n) is 5.24. The molecule has 0 aromatic carbocycles. The minimum absolute atomic E-state index is 0.728. The van der Waals surface area contributed by atoms with Crippen molar-refractivity contribution in [2.75, 3.05) is 13.1 Å². The van der Waals surface area contributed by atoms with Crippen LogP contribution in [-0.4, -0.2) is 28.1 Å². The fourth-order valence-electron chi connectivity index (χ4n) is 1.30. The van der Waals surface area contributed by atoms with Gasteiger partial charge in [-0.25, -0.2) is 0 Å². The standard InChI is InChI=1S/C10H20N4/c1-9(2)7-11-6-4-5-10-8-14(3)13-12-10/h8-9,11H,4-7H2,1-3H3. The molecule has 1 aromatic rings. The molecular weight excluding hydrogens is 176 g/mol. The maximum atomic E-state index is 4.03. The van der Waals surface area contributed by atoms with Gasteiger partial charge in [0, 0.05) is 13.2 Å². The van der Waals surface area contributed by atoms with Gasteiger partial charge in [-0.05, 0) is 31.8 Å². The van der Waals surface area contributed by atoms with E-state index in [0.29, 0.717) is 0 Å². The van der Waals surface area contributed by atoms with Crippen molar-refractivity contribution in [1.29, 1.82) is 0 Å². The zero-order valence-electron chi connectivity index (χ0n) is 9.32. The van der Waals surface area contributed by atoms with Crippen LogP contribution in [0.5, 0.6) is 0 Å². The molecule has 0 saturated carbocycles. The number of rotatable bonds is 6. The van der Waals surface area contributed by atoms with Crippen LogP contribution in [0.1, 0.15) is 26.0 Å². The van der Waals surface area contributed by atoms with Crippen LogP contribution in [0.3, 0.4) is 0 Å². The maximum Gasteiger partial charge on any atom is 0.0827 e. The number of aromatic nitrogens is 3. The Kier molecular flexibility index (Phi) is 4.59. The summed E-state index contributed by atoms with van der Waals surface area (Å²) in [7, 11) is 1.90. The Labute approximate surface area is 85.7 Å². The Hall–Kier alpha value is -0.900. The van der Waals surface area contributed by atoms with Gasteiger partial charge in [0.1, 0.15) is 0 Å². The molecule has 0 atom stereocenters. The molecule has 0 radical (unpaired) electrons. The van der Waals surface area contributed by atoms with E-state index in [-0.39, 0.29) is 0 Å². The van der Waals surface area contributed by atoms with Gasteiger partial charge < -0.3 is 5.32 Å². The third-order valence-corrected chi connectivity index (χ3v) is 1.99. The summed E-state index contributed by atoms with van der Waals surface area (Å²) < 4.78 is 1.75. The zero-order chi connectivity index (χ0) is 10.4. The number of aryl methyl sites for hydroxylation is 2. The monoisotopic (exact) mass is 196 g/mol. The lowest BCUT2D eigenvalue weighted by molar-refractivity contribution is 0.542. The average Bonchev–Trinajstić information content (AvgIpc) is 2.50. The molecule has 0 amide bonds. The average molecular weight is 196 g/mol. The molecule has 0 bridgehead atoms. The molecule has 1 rings (SSSR count). The lowest BCUT2D eigenvalue weighted by atomic mass is 10.2. The van der Waals surface area contributed by atoms with Crippen molar-refractivity contribution in [3.8, 4) is 0 Å². The first-order chi connectivity index (χ1) is 6.68. The molecule has 0 spiro atoms. The Bertz CT molecular complexity index is 254. The third-order valence-electron chi connectivity index (χ3n) is 1.99. The van der Waals surface area contributed by atoms with Crippen LogP contribution in [0.25, 0.3) is 0 Å². The summed E-state index contributed by atoms with van der Waals surface area (Å²) in [5, 5.41) is 11.3. The van der Waals surface area contributed by atoms with E-state index in [0.717, 1.165) is 37.5 Å². The van der Waals surface area contributed by atoms with E-state index in [4.69, 9.17) is 0 Å². The van der Waals surface area contributed by atoms with Crippen molar-refractivity contribution in [1.82, 2.24) is 20.3 Å².